The maximum Gasteiger partial charge on any atom is 0.422 e. The van der Waals surface area contributed by atoms with Gasteiger partial charge in [0.05, 0.1) is 12.0 Å². The monoisotopic (exact) mass is 330 g/mol. The fourth-order valence-electron chi connectivity index (χ4n) is 2.51. The molecule has 2 N–H and O–H groups in total. The number of alkyl halides is 3. The Bertz CT molecular complexity index is 511. The molecule has 1 aliphatic heterocycles. The van der Waals surface area contributed by atoms with E-state index in [0.717, 1.165) is 24.9 Å². The Morgan fingerprint density at radius 3 is 2.65 bits per heavy atom. The summed E-state index contributed by atoms with van der Waals surface area (Å²) in [6.45, 7) is 2.16. The molecule has 0 radical (unpaired) electrons. The van der Waals surface area contributed by atoms with Crippen LogP contribution in [-0.4, -0.2) is 31.8 Å². The number of benzene rings is 1. The normalized spacial score (nSPS) is 19.9. The van der Waals surface area contributed by atoms with Crippen LogP contribution in [0.3, 0.4) is 0 Å². The van der Waals surface area contributed by atoms with E-state index in [0.29, 0.717) is 6.54 Å². The molecule has 23 heavy (non-hydrogen) atoms. The van der Waals surface area contributed by atoms with Crippen molar-refractivity contribution < 1.29 is 22.7 Å². The van der Waals surface area contributed by atoms with Crippen molar-refractivity contribution in [2.24, 2.45) is 5.92 Å². The van der Waals surface area contributed by atoms with Gasteiger partial charge in [-0.05, 0) is 44.0 Å². The molecule has 1 heterocycles. The van der Waals surface area contributed by atoms with Gasteiger partial charge in [0.2, 0.25) is 5.91 Å². The van der Waals surface area contributed by atoms with E-state index in [4.69, 9.17) is 0 Å². The molecule has 0 spiro atoms. The first kappa shape index (κ1) is 17.6. The molecule has 0 aromatic heterocycles. The lowest BCUT2D eigenvalue weighted by atomic mass is 9.98. The molecule has 1 fully saturated rings. The highest BCUT2D eigenvalue weighted by molar-refractivity contribution is 5.79. The van der Waals surface area contributed by atoms with Crippen LogP contribution >= 0.6 is 0 Å². The summed E-state index contributed by atoms with van der Waals surface area (Å²) in [5.41, 5.74) is 0.821. The van der Waals surface area contributed by atoms with Crippen molar-refractivity contribution in [3.8, 4) is 5.75 Å². The molecule has 1 saturated heterocycles. The predicted octanol–water partition coefficient (Wildman–Crippen LogP) is 2.80. The third kappa shape index (κ3) is 5.74. The Morgan fingerprint density at radius 1 is 1.39 bits per heavy atom. The maximum absolute atomic E-state index is 12.2. The van der Waals surface area contributed by atoms with E-state index in [1.165, 1.54) is 12.1 Å². The lowest BCUT2D eigenvalue weighted by Gasteiger charge is -2.24. The van der Waals surface area contributed by atoms with Crippen LogP contribution in [0.1, 0.15) is 31.4 Å². The molecule has 2 rings (SSSR count). The first-order chi connectivity index (χ1) is 10.8. The number of amides is 1. The minimum absolute atomic E-state index is 0.00194. The highest BCUT2D eigenvalue weighted by Gasteiger charge is 2.28. The molecule has 7 heteroatoms. The van der Waals surface area contributed by atoms with Crippen LogP contribution in [0, 0.1) is 5.92 Å². The Labute approximate surface area is 133 Å². The van der Waals surface area contributed by atoms with E-state index in [9.17, 15) is 18.0 Å². The third-order valence-electron chi connectivity index (χ3n) is 3.81. The van der Waals surface area contributed by atoms with Gasteiger partial charge in [0.15, 0.2) is 6.61 Å². The van der Waals surface area contributed by atoms with Crippen molar-refractivity contribution in [3.63, 3.8) is 0 Å². The number of nitrogens with one attached hydrogen (secondary N) is 2. The number of piperidine rings is 1. The average molecular weight is 330 g/mol. The molecule has 2 atom stereocenters. The standard InChI is InChI=1S/C16H21F3N2O2/c1-11(21-15(22)13-3-2-8-20-9-13)12-4-6-14(7-5-12)23-10-16(17,18)19/h4-7,11,13,20H,2-3,8-10H2,1H3,(H,21,22). The van der Waals surface area contributed by atoms with Gasteiger partial charge >= 0.3 is 6.18 Å². The number of hydrogen-bond acceptors (Lipinski definition) is 3. The van der Waals surface area contributed by atoms with E-state index in [1.807, 2.05) is 6.92 Å². The Kier molecular flexibility index (Phi) is 5.87. The van der Waals surface area contributed by atoms with E-state index in [2.05, 4.69) is 15.4 Å². The quantitative estimate of drug-likeness (QED) is 0.873. The zero-order valence-electron chi connectivity index (χ0n) is 13.0. The van der Waals surface area contributed by atoms with Gasteiger partial charge in [-0.2, -0.15) is 13.2 Å². The largest absolute Gasteiger partial charge is 0.484 e. The molecule has 1 aromatic carbocycles. The van der Waals surface area contributed by atoms with Crippen LogP contribution in [0.2, 0.25) is 0 Å². The van der Waals surface area contributed by atoms with Crippen molar-refractivity contribution in [2.45, 2.75) is 32.0 Å². The summed E-state index contributed by atoms with van der Waals surface area (Å²) in [5, 5.41) is 6.13. The molecule has 1 aliphatic rings. The van der Waals surface area contributed by atoms with Gasteiger partial charge in [-0.15, -0.1) is 0 Å². The Morgan fingerprint density at radius 2 is 2.09 bits per heavy atom. The molecule has 2 unspecified atom stereocenters. The number of ether oxygens (including phenoxy) is 1. The molecule has 4 nitrogen and oxygen atoms in total. The lowest BCUT2D eigenvalue weighted by Crippen LogP contribution is -2.41. The first-order valence-electron chi connectivity index (χ1n) is 7.66. The van der Waals surface area contributed by atoms with Gasteiger partial charge in [-0.3, -0.25) is 4.79 Å². The second-order valence-electron chi connectivity index (χ2n) is 5.75. The Balaban J connectivity index is 1.86. The predicted molar refractivity (Wildman–Crippen MR) is 80.1 cm³/mol. The van der Waals surface area contributed by atoms with Crippen molar-refractivity contribution in [2.75, 3.05) is 19.7 Å². The van der Waals surface area contributed by atoms with Crippen molar-refractivity contribution in [1.82, 2.24) is 10.6 Å². The summed E-state index contributed by atoms with van der Waals surface area (Å²) in [5.74, 6) is 0.128. The fraction of sp³-hybridized carbons (Fsp3) is 0.562. The highest BCUT2D eigenvalue weighted by atomic mass is 19.4. The van der Waals surface area contributed by atoms with Crippen molar-refractivity contribution in [3.05, 3.63) is 29.8 Å². The molecular formula is C16H21F3N2O2. The molecule has 1 aromatic rings. The molecule has 128 valence electrons. The summed E-state index contributed by atoms with van der Waals surface area (Å²) in [6.07, 6.45) is -2.50. The maximum atomic E-state index is 12.2. The number of hydrogen-bond donors (Lipinski definition) is 2. The second kappa shape index (κ2) is 7.68. The topological polar surface area (TPSA) is 50.4 Å². The molecule has 1 amide bonds. The van der Waals surface area contributed by atoms with E-state index < -0.39 is 12.8 Å². The zero-order valence-corrected chi connectivity index (χ0v) is 13.0. The van der Waals surface area contributed by atoms with Gasteiger partial charge in [-0.25, -0.2) is 0 Å². The number of halogens is 3. The number of carbonyl (C=O) groups is 1. The SMILES string of the molecule is CC(NC(=O)C1CCCNC1)c1ccc(OCC(F)(F)F)cc1. The lowest BCUT2D eigenvalue weighted by molar-refractivity contribution is -0.153. The summed E-state index contributed by atoms with van der Waals surface area (Å²) in [6, 6.07) is 6.07. The highest BCUT2D eigenvalue weighted by Crippen LogP contribution is 2.21. The van der Waals surface area contributed by atoms with Crippen LogP contribution < -0.4 is 15.4 Å². The van der Waals surface area contributed by atoms with E-state index >= 15 is 0 Å². The van der Waals surface area contributed by atoms with Gasteiger partial charge in [0.25, 0.3) is 0 Å². The number of rotatable bonds is 5. The summed E-state index contributed by atoms with van der Waals surface area (Å²) in [7, 11) is 0. The molecule has 0 saturated carbocycles. The fourth-order valence-corrected chi connectivity index (χ4v) is 2.51. The summed E-state index contributed by atoms with van der Waals surface area (Å²) >= 11 is 0. The summed E-state index contributed by atoms with van der Waals surface area (Å²) in [4.78, 5) is 12.2. The first-order valence-corrected chi connectivity index (χ1v) is 7.66. The molecule has 0 bridgehead atoms. The van der Waals surface area contributed by atoms with E-state index in [-0.39, 0.29) is 23.6 Å². The Hall–Kier alpha value is -1.76. The van der Waals surface area contributed by atoms with Gasteiger partial charge < -0.3 is 15.4 Å². The molecular weight excluding hydrogens is 309 g/mol. The second-order valence-corrected chi connectivity index (χ2v) is 5.75. The summed E-state index contributed by atoms with van der Waals surface area (Å²) < 4.78 is 40.9. The van der Waals surface area contributed by atoms with Crippen LogP contribution in [0.4, 0.5) is 13.2 Å². The average Bonchev–Trinajstić information content (AvgIpc) is 2.53. The minimum atomic E-state index is -4.35. The smallest absolute Gasteiger partial charge is 0.422 e. The zero-order chi connectivity index (χ0) is 16.9. The molecule has 0 aliphatic carbocycles. The van der Waals surface area contributed by atoms with Crippen LogP contribution in [0.15, 0.2) is 24.3 Å². The third-order valence-corrected chi connectivity index (χ3v) is 3.81. The van der Waals surface area contributed by atoms with Gasteiger partial charge in [0.1, 0.15) is 5.75 Å². The van der Waals surface area contributed by atoms with Crippen LogP contribution in [0.5, 0.6) is 5.75 Å². The number of carbonyl (C=O) groups excluding carboxylic acids is 1. The minimum Gasteiger partial charge on any atom is -0.484 e. The van der Waals surface area contributed by atoms with Crippen molar-refractivity contribution in [1.29, 1.82) is 0 Å². The van der Waals surface area contributed by atoms with Crippen LogP contribution in [0.25, 0.3) is 0 Å². The van der Waals surface area contributed by atoms with Gasteiger partial charge in [0, 0.05) is 6.54 Å². The van der Waals surface area contributed by atoms with Gasteiger partial charge in [-0.1, -0.05) is 12.1 Å². The van der Waals surface area contributed by atoms with Crippen LogP contribution in [-0.2, 0) is 4.79 Å². The van der Waals surface area contributed by atoms with E-state index in [1.54, 1.807) is 12.1 Å². The van der Waals surface area contributed by atoms with Crippen molar-refractivity contribution >= 4 is 5.91 Å².